The van der Waals surface area contributed by atoms with Gasteiger partial charge in [0.25, 0.3) is 0 Å². The number of halogens is 1. The highest BCUT2D eigenvalue weighted by Gasteiger charge is 2.46. The maximum Gasteiger partial charge on any atom is 0.231 e. The molecule has 6 nitrogen and oxygen atoms in total. The van der Waals surface area contributed by atoms with Crippen molar-refractivity contribution in [2.45, 2.75) is 18.1 Å². The molecule has 27 heavy (non-hydrogen) atoms. The molecule has 0 aliphatic carbocycles. The lowest BCUT2D eigenvalue weighted by Crippen LogP contribution is -2.24. The number of rotatable bonds is 2. The van der Waals surface area contributed by atoms with Crippen LogP contribution in [0.5, 0.6) is 11.5 Å². The number of fused-ring (bicyclic) bond motifs is 2. The molecule has 2 unspecified atom stereocenters. The van der Waals surface area contributed by atoms with E-state index in [1.165, 1.54) is 6.07 Å². The van der Waals surface area contributed by atoms with Crippen LogP contribution < -0.4 is 9.47 Å². The van der Waals surface area contributed by atoms with E-state index in [0.717, 1.165) is 0 Å². The summed E-state index contributed by atoms with van der Waals surface area (Å²) in [4.78, 5) is 4.15. The summed E-state index contributed by atoms with van der Waals surface area (Å²) in [7, 11) is 0. The summed E-state index contributed by atoms with van der Waals surface area (Å²) in [6.45, 7) is 0.147. The zero-order valence-electron chi connectivity index (χ0n) is 14.1. The minimum atomic E-state index is -1.34. The molecule has 0 radical (unpaired) electrons. The first-order valence-corrected chi connectivity index (χ1v) is 8.44. The Morgan fingerprint density at radius 1 is 1.22 bits per heavy atom. The molecular weight excluding hydrogens is 349 g/mol. The minimum Gasteiger partial charge on any atom is -0.454 e. The van der Waals surface area contributed by atoms with E-state index in [2.05, 4.69) is 4.98 Å². The van der Waals surface area contributed by atoms with Gasteiger partial charge in [-0.15, -0.1) is 0 Å². The van der Waals surface area contributed by atoms with E-state index < -0.39 is 17.5 Å². The van der Waals surface area contributed by atoms with Gasteiger partial charge in [0.2, 0.25) is 6.79 Å². The summed E-state index contributed by atoms with van der Waals surface area (Å²) in [6, 6.07) is 11.2. The summed E-state index contributed by atoms with van der Waals surface area (Å²) >= 11 is 0. The van der Waals surface area contributed by atoms with Gasteiger partial charge in [0, 0.05) is 12.0 Å². The van der Waals surface area contributed by atoms with E-state index in [-0.39, 0.29) is 18.8 Å². The Morgan fingerprint density at radius 3 is 2.89 bits per heavy atom. The van der Waals surface area contributed by atoms with Gasteiger partial charge >= 0.3 is 0 Å². The summed E-state index contributed by atoms with van der Waals surface area (Å²) in [6.07, 6.45) is 3.42. The number of hydrogen-bond acceptors (Lipinski definition) is 5. The van der Waals surface area contributed by atoms with Crippen molar-refractivity contribution in [2.75, 3.05) is 6.79 Å². The van der Waals surface area contributed by atoms with E-state index in [4.69, 9.17) is 14.7 Å². The minimum absolute atomic E-state index is 0.147. The highest BCUT2D eigenvalue weighted by atomic mass is 19.1. The Labute approximate surface area is 154 Å². The predicted molar refractivity (Wildman–Crippen MR) is 91.7 cm³/mol. The zero-order chi connectivity index (χ0) is 18.6. The molecule has 2 aliphatic rings. The highest BCUT2D eigenvalue weighted by molar-refractivity contribution is 5.49. The Balaban J connectivity index is 1.60. The molecule has 2 aromatic carbocycles. The lowest BCUT2D eigenvalue weighted by Gasteiger charge is -2.23. The van der Waals surface area contributed by atoms with Gasteiger partial charge in [-0.05, 0) is 29.8 Å². The Hall–Kier alpha value is -3.37. The lowest BCUT2D eigenvalue weighted by atomic mass is 9.86. The molecule has 0 saturated carbocycles. The van der Waals surface area contributed by atoms with Crippen LogP contribution in [0.2, 0.25) is 0 Å². The first-order valence-electron chi connectivity index (χ1n) is 8.44. The van der Waals surface area contributed by atoms with E-state index >= 15 is 0 Å². The van der Waals surface area contributed by atoms with Gasteiger partial charge in [-0.25, -0.2) is 9.37 Å². The van der Waals surface area contributed by atoms with Crippen molar-refractivity contribution >= 4 is 0 Å². The molecule has 3 heterocycles. The Morgan fingerprint density at radius 2 is 2.07 bits per heavy atom. The third-order valence-corrected chi connectivity index (χ3v) is 5.25. The second-order valence-corrected chi connectivity index (χ2v) is 6.68. The van der Waals surface area contributed by atoms with Crippen LogP contribution in [0.3, 0.4) is 0 Å². The van der Waals surface area contributed by atoms with Crippen LogP contribution in [0.15, 0.2) is 48.9 Å². The van der Waals surface area contributed by atoms with E-state index in [0.29, 0.717) is 28.3 Å². The zero-order valence-corrected chi connectivity index (χ0v) is 14.1. The molecule has 5 rings (SSSR count). The Kier molecular flexibility index (Phi) is 3.27. The highest BCUT2D eigenvalue weighted by Crippen LogP contribution is 2.48. The molecule has 0 saturated heterocycles. The predicted octanol–water partition coefficient (Wildman–Crippen LogP) is 2.85. The monoisotopic (exact) mass is 363 g/mol. The average molecular weight is 363 g/mol. The number of ether oxygens (including phenoxy) is 2. The van der Waals surface area contributed by atoms with Gasteiger partial charge in [-0.3, -0.25) is 0 Å². The van der Waals surface area contributed by atoms with E-state index in [9.17, 15) is 9.50 Å². The summed E-state index contributed by atoms with van der Waals surface area (Å²) < 4.78 is 27.2. The van der Waals surface area contributed by atoms with Crippen LogP contribution in [-0.2, 0) is 5.60 Å². The third kappa shape index (κ3) is 2.24. The van der Waals surface area contributed by atoms with Crippen molar-refractivity contribution in [1.82, 2.24) is 9.55 Å². The second kappa shape index (κ2) is 5.56. The number of aliphatic hydroxyl groups is 1. The van der Waals surface area contributed by atoms with Gasteiger partial charge in [0.05, 0.1) is 35.9 Å². The smallest absolute Gasteiger partial charge is 0.231 e. The number of hydrogen-bond donors (Lipinski definition) is 1. The third-order valence-electron chi connectivity index (χ3n) is 5.25. The molecule has 2 atom stereocenters. The van der Waals surface area contributed by atoms with Crippen molar-refractivity contribution in [2.24, 2.45) is 0 Å². The van der Waals surface area contributed by atoms with E-state index in [1.807, 2.05) is 6.07 Å². The van der Waals surface area contributed by atoms with Crippen molar-refractivity contribution in [1.29, 1.82) is 5.26 Å². The fourth-order valence-corrected chi connectivity index (χ4v) is 3.90. The van der Waals surface area contributed by atoms with Crippen molar-refractivity contribution in [3.63, 3.8) is 0 Å². The molecule has 2 aliphatic heterocycles. The van der Waals surface area contributed by atoms with Crippen molar-refractivity contribution < 1.29 is 19.0 Å². The summed E-state index contributed by atoms with van der Waals surface area (Å²) in [5.41, 5.74) is 0.527. The first kappa shape index (κ1) is 15.9. The number of nitrogens with zero attached hydrogens (tertiary/aromatic N) is 3. The van der Waals surface area contributed by atoms with Crippen LogP contribution in [0, 0.1) is 17.1 Å². The standard InChI is InChI=1S/C20H14FN3O3/c21-15-5-12(8-22)1-3-14(15)16-7-20(25,19-9-23-10-24(16)19)13-2-4-17-18(6-13)27-11-26-17/h1-6,9-10,16,25H,7,11H2. The molecule has 134 valence electrons. The van der Waals surface area contributed by atoms with Crippen LogP contribution in [0.25, 0.3) is 0 Å². The van der Waals surface area contributed by atoms with Gasteiger partial charge in [0.15, 0.2) is 11.5 Å². The summed E-state index contributed by atoms with van der Waals surface area (Å²) in [5.74, 6) is 0.720. The first-order chi connectivity index (χ1) is 13.1. The molecule has 7 heteroatoms. The average Bonchev–Trinajstić information content (AvgIpc) is 3.39. The van der Waals surface area contributed by atoms with Crippen LogP contribution in [0.1, 0.15) is 34.8 Å². The molecule has 0 fully saturated rings. The summed E-state index contributed by atoms with van der Waals surface area (Å²) in [5, 5.41) is 20.5. The molecule has 0 amide bonds. The number of imidazole rings is 1. The largest absolute Gasteiger partial charge is 0.454 e. The topological polar surface area (TPSA) is 80.3 Å². The molecule has 1 N–H and O–H groups in total. The van der Waals surface area contributed by atoms with Crippen LogP contribution in [-0.4, -0.2) is 21.5 Å². The maximum absolute atomic E-state index is 14.6. The van der Waals surface area contributed by atoms with Gasteiger partial charge < -0.3 is 19.1 Å². The quantitative estimate of drug-likeness (QED) is 0.757. The van der Waals surface area contributed by atoms with Crippen molar-refractivity contribution in [3.05, 3.63) is 77.1 Å². The second-order valence-electron chi connectivity index (χ2n) is 6.68. The lowest BCUT2D eigenvalue weighted by molar-refractivity contribution is 0.0790. The Bertz CT molecular complexity index is 1100. The number of nitriles is 1. The number of benzene rings is 2. The molecule has 1 aromatic heterocycles. The normalized spacial score (nSPS) is 22.5. The molecule has 3 aromatic rings. The molecule has 0 spiro atoms. The van der Waals surface area contributed by atoms with Crippen LogP contribution in [0.4, 0.5) is 4.39 Å². The van der Waals surface area contributed by atoms with Crippen molar-refractivity contribution in [3.8, 4) is 17.6 Å². The maximum atomic E-state index is 14.6. The molecular formula is C20H14FN3O3. The van der Waals surface area contributed by atoms with Gasteiger partial charge in [0.1, 0.15) is 11.4 Å². The van der Waals surface area contributed by atoms with E-state index in [1.54, 1.807) is 47.4 Å². The van der Waals surface area contributed by atoms with Crippen LogP contribution >= 0.6 is 0 Å². The van der Waals surface area contributed by atoms with Gasteiger partial charge in [-0.2, -0.15) is 5.26 Å². The molecule has 0 bridgehead atoms. The van der Waals surface area contributed by atoms with Gasteiger partial charge in [-0.1, -0.05) is 12.1 Å². The fourth-order valence-electron chi connectivity index (χ4n) is 3.90. The SMILES string of the molecule is N#Cc1ccc(C2CC(O)(c3ccc4c(c3)OCO4)c3cncn32)c(F)c1. The fraction of sp³-hybridized carbons (Fsp3) is 0.200. The number of aromatic nitrogens is 2.